The van der Waals surface area contributed by atoms with Gasteiger partial charge in [0.15, 0.2) is 0 Å². The number of rotatable bonds is 5. The van der Waals surface area contributed by atoms with Gasteiger partial charge in [-0.2, -0.15) is 0 Å². The third kappa shape index (κ3) is 3.27. The van der Waals surface area contributed by atoms with E-state index in [4.69, 9.17) is 15.2 Å². The van der Waals surface area contributed by atoms with Gasteiger partial charge >= 0.3 is 0 Å². The Morgan fingerprint density at radius 1 is 1.10 bits per heavy atom. The summed E-state index contributed by atoms with van der Waals surface area (Å²) in [5, 5.41) is 0. The molecule has 0 aliphatic heterocycles. The van der Waals surface area contributed by atoms with Gasteiger partial charge in [-0.15, -0.1) is 0 Å². The average molecular weight is 275 g/mol. The quantitative estimate of drug-likeness (QED) is 0.911. The van der Waals surface area contributed by atoms with Crippen LogP contribution in [0.5, 0.6) is 11.5 Å². The predicted octanol–water partition coefficient (Wildman–Crippen LogP) is 3.18. The number of ether oxygens (including phenoxy) is 2. The molecule has 0 bridgehead atoms. The molecule has 0 fully saturated rings. The molecule has 0 aliphatic carbocycles. The van der Waals surface area contributed by atoms with E-state index in [1.165, 1.54) is 12.1 Å². The van der Waals surface area contributed by atoms with Crippen LogP contribution in [0.3, 0.4) is 0 Å². The number of methoxy groups -OCH3 is 1. The molecule has 4 heteroatoms. The van der Waals surface area contributed by atoms with Crippen molar-refractivity contribution in [2.75, 3.05) is 7.11 Å². The highest BCUT2D eigenvalue weighted by atomic mass is 19.1. The third-order valence-electron chi connectivity index (χ3n) is 3.11. The Hall–Kier alpha value is -2.07. The Bertz CT molecular complexity index is 599. The zero-order valence-electron chi connectivity index (χ0n) is 11.7. The molecule has 2 aromatic rings. The van der Waals surface area contributed by atoms with E-state index in [0.29, 0.717) is 18.9 Å². The molecule has 0 aromatic heterocycles. The van der Waals surface area contributed by atoms with E-state index in [-0.39, 0.29) is 5.82 Å². The summed E-state index contributed by atoms with van der Waals surface area (Å²) in [7, 11) is 1.61. The van der Waals surface area contributed by atoms with E-state index >= 15 is 0 Å². The minimum Gasteiger partial charge on any atom is -0.496 e. The first-order valence-corrected chi connectivity index (χ1v) is 6.39. The predicted molar refractivity (Wildman–Crippen MR) is 76.4 cm³/mol. The number of hydrogen-bond acceptors (Lipinski definition) is 3. The van der Waals surface area contributed by atoms with Crippen LogP contribution in [0.15, 0.2) is 36.4 Å². The fraction of sp³-hybridized carbons (Fsp3) is 0.250. The summed E-state index contributed by atoms with van der Waals surface area (Å²) >= 11 is 0. The molecule has 0 heterocycles. The molecular weight excluding hydrogens is 257 g/mol. The number of nitrogens with two attached hydrogens (primary N) is 1. The normalized spacial score (nSPS) is 10.4. The molecule has 2 rings (SSSR count). The monoisotopic (exact) mass is 275 g/mol. The van der Waals surface area contributed by atoms with Crippen LogP contribution in [0.4, 0.5) is 4.39 Å². The fourth-order valence-corrected chi connectivity index (χ4v) is 1.97. The van der Waals surface area contributed by atoms with Crippen molar-refractivity contribution in [2.24, 2.45) is 5.73 Å². The smallest absolute Gasteiger partial charge is 0.126 e. The summed E-state index contributed by atoms with van der Waals surface area (Å²) < 4.78 is 24.1. The Balaban J connectivity index is 2.12. The topological polar surface area (TPSA) is 44.5 Å². The molecular formula is C16H18FNO2. The summed E-state index contributed by atoms with van der Waals surface area (Å²) in [4.78, 5) is 0. The minimum atomic E-state index is -0.303. The molecule has 3 nitrogen and oxygen atoms in total. The van der Waals surface area contributed by atoms with Gasteiger partial charge < -0.3 is 15.2 Å². The van der Waals surface area contributed by atoms with Crippen LogP contribution in [-0.2, 0) is 13.2 Å². The molecule has 2 N–H and O–H groups in total. The highest BCUT2D eigenvalue weighted by Gasteiger charge is 2.05. The number of halogens is 1. The molecule has 0 unspecified atom stereocenters. The lowest BCUT2D eigenvalue weighted by atomic mass is 10.1. The first kappa shape index (κ1) is 14.3. The van der Waals surface area contributed by atoms with Crippen molar-refractivity contribution >= 4 is 0 Å². The highest BCUT2D eigenvalue weighted by Crippen LogP contribution is 2.23. The second-order valence-electron chi connectivity index (χ2n) is 4.55. The van der Waals surface area contributed by atoms with E-state index in [2.05, 4.69) is 0 Å². The van der Waals surface area contributed by atoms with Gasteiger partial charge in [0.05, 0.1) is 7.11 Å². The average Bonchev–Trinajstić information content (AvgIpc) is 2.47. The highest BCUT2D eigenvalue weighted by molar-refractivity contribution is 5.38. The van der Waals surface area contributed by atoms with Crippen molar-refractivity contribution in [3.63, 3.8) is 0 Å². The SMILES string of the molecule is COc1ccc(COc2cc(F)ccc2C)cc1CN. The molecule has 0 atom stereocenters. The Morgan fingerprint density at radius 2 is 1.90 bits per heavy atom. The van der Waals surface area contributed by atoms with Crippen molar-refractivity contribution in [1.29, 1.82) is 0 Å². The van der Waals surface area contributed by atoms with Crippen LogP contribution >= 0.6 is 0 Å². The van der Waals surface area contributed by atoms with Gasteiger partial charge in [-0.25, -0.2) is 4.39 Å². The van der Waals surface area contributed by atoms with Crippen molar-refractivity contribution in [2.45, 2.75) is 20.1 Å². The zero-order chi connectivity index (χ0) is 14.5. The van der Waals surface area contributed by atoms with Gasteiger partial charge in [0.1, 0.15) is 23.9 Å². The molecule has 2 aromatic carbocycles. The van der Waals surface area contributed by atoms with Crippen LogP contribution in [-0.4, -0.2) is 7.11 Å². The molecule has 0 saturated carbocycles. The van der Waals surface area contributed by atoms with E-state index < -0.39 is 0 Å². The van der Waals surface area contributed by atoms with Crippen molar-refractivity contribution in [3.05, 3.63) is 58.9 Å². The number of aryl methyl sites for hydroxylation is 1. The molecule has 0 aliphatic rings. The standard InChI is InChI=1S/C16H18FNO2/c1-11-3-5-14(17)8-16(11)20-10-12-4-6-15(19-2)13(7-12)9-18/h3-8H,9-10,18H2,1-2H3. The van der Waals surface area contributed by atoms with Crippen LogP contribution in [0.1, 0.15) is 16.7 Å². The maximum atomic E-state index is 13.2. The van der Waals surface area contributed by atoms with Crippen molar-refractivity contribution in [3.8, 4) is 11.5 Å². The number of benzene rings is 2. The first-order chi connectivity index (χ1) is 9.63. The summed E-state index contributed by atoms with van der Waals surface area (Å²) in [5.41, 5.74) is 8.47. The molecule has 106 valence electrons. The first-order valence-electron chi connectivity index (χ1n) is 6.39. The van der Waals surface area contributed by atoms with Gasteiger partial charge in [0.2, 0.25) is 0 Å². The van der Waals surface area contributed by atoms with Crippen LogP contribution in [0, 0.1) is 12.7 Å². The molecule has 20 heavy (non-hydrogen) atoms. The van der Waals surface area contributed by atoms with Crippen molar-refractivity contribution < 1.29 is 13.9 Å². The largest absolute Gasteiger partial charge is 0.496 e. The Labute approximate surface area is 118 Å². The zero-order valence-corrected chi connectivity index (χ0v) is 11.7. The van der Waals surface area contributed by atoms with E-state index in [9.17, 15) is 4.39 Å². The molecule has 0 saturated heterocycles. The summed E-state index contributed by atoms with van der Waals surface area (Å²) in [6, 6.07) is 10.2. The summed E-state index contributed by atoms with van der Waals surface area (Å²) in [6.07, 6.45) is 0. The second kappa shape index (κ2) is 6.39. The number of hydrogen-bond donors (Lipinski definition) is 1. The molecule has 0 radical (unpaired) electrons. The lowest BCUT2D eigenvalue weighted by molar-refractivity contribution is 0.302. The van der Waals surface area contributed by atoms with Crippen LogP contribution in [0.2, 0.25) is 0 Å². The van der Waals surface area contributed by atoms with Crippen LogP contribution < -0.4 is 15.2 Å². The van der Waals surface area contributed by atoms with Gasteiger partial charge in [-0.1, -0.05) is 12.1 Å². The van der Waals surface area contributed by atoms with Crippen molar-refractivity contribution in [1.82, 2.24) is 0 Å². The molecule has 0 amide bonds. The fourth-order valence-electron chi connectivity index (χ4n) is 1.97. The van der Waals surface area contributed by atoms with E-state index in [0.717, 1.165) is 22.4 Å². The van der Waals surface area contributed by atoms with Crippen LogP contribution in [0.25, 0.3) is 0 Å². The van der Waals surface area contributed by atoms with Gasteiger partial charge in [-0.05, 0) is 36.2 Å². The second-order valence-corrected chi connectivity index (χ2v) is 4.55. The van der Waals surface area contributed by atoms with E-state index in [1.807, 2.05) is 25.1 Å². The van der Waals surface area contributed by atoms with Gasteiger partial charge in [0, 0.05) is 18.2 Å². The van der Waals surface area contributed by atoms with Gasteiger partial charge in [0.25, 0.3) is 0 Å². The van der Waals surface area contributed by atoms with Gasteiger partial charge in [-0.3, -0.25) is 0 Å². The maximum absolute atomic E-state index is 13.2. The lowest BCUT2D eigenvalue weighted by Gasteiger charge is -2.12. The third-order valence-corrected chi connectivity index (χ3v) is 3.11. The summed E-state index contributed by atoms with van der Waals surface area (Å²) in [5.74, 6) is 1.01. The van der Waals surface area contributed by atoms with E-state index in [1.54, 1.807) is 13.2 Å². The maximum Gasteiger partial charge on any atom is 0.126 e. The molecule has 0 spiro atoms. The Morgan fingerprint density at radius 3 is 2.60 bits per heavy atom. The Kier molecular flexibility index (Phi) is 4.58. The lowest BCUT2D eigenvalue weighted by Crippen LogP contribution is -2.03. The minimum absolute atomic E-state index is 0.303. The summed E-state index contributed by atoms with van der Waals surface area (Å²) in [6.45, 7) is 2.64.